The molecule has 2 saturated carbocycles. The van der Waals surface area contributed by atoms with Crippen LogP contribution in [0.2, 0.25) is 0 Å². The van der Waals surface area contributed by atoms with Gasteiger partial charge < -0.3 is 10.6 Å². The van der Waals surface area contributed by atoms with Gasteiger partial charge in [0, 0.05) is 25.2 Å². The van der Waals surface area contributed by atoms with Crippen molar-refractivity contribution < 1.29 is 9.59 Å². The summed E-state index contributed by atoms with van der Waals surface area (Å²) in [5.74, 6) is 0.994. The zero-order valence-electron chi connectivity index (χ0n) is 14.5. The van der Waals surface area contributed by atoms with Gasteiger partial charge in [0.1, 0.15) is 0 Å². The number of hydrogen-bond donors (Lipinski definition) is 1. The molecule has 0 spiro atoms. The molecule has 1 heterocycles. The van der Waals surface area contributed by atoms with Gasteiger partial charge in [-0.3, -0.25) is 14.5 Å². The predicted molar refractivity (Wildman–Crippen MR) is 89.6 cm³/mol. The van der Waals surface area contributed by atoms with Gasteiger partial charge in [0.15, 0.2) is 0 Å². The van der Waals surface area contributed by atoms with E-state index >= 15 is 0 Å². The zero-order valence-corrected chi connectivity index (χ0v) is 14.5. The molecule has 2 amide bonds. The van der Waals surface area contributed by atoms with Gasteiger partial charge in [0.05, 0.1) is 12.5 Å². The molecule has 0 aromatic rings. The van der Waals surface area contributed by atoms with Gasteiger partial charge >= 0.3 is 0 Å². The molecule has 23 heavy (non-hydrogen) atoms. The van der Waals surface area contributed by atoms with E-state index in [1.54, 1.807) is 0 Å². The molecule has 5 heteroatoms. The molecule has 0 radical (unpaired) electrons. The van der Waals surface area contributed by atoms with Crippen LogP contribution in [0.4, 0.5) is 0 Å². The predicted octanol–water partition coefficient (Wildman–Crippen LogP) is 1.61. The number of likely N-dealkylation sites (tertiary alicyclic amines) is 1. The second kappa shape index (κ2) is 6.80. The van der Waals surface area contributed by atoms with Gasteiger partial charge in [-0.1, -0.05) is 13.8 Å². The van der Waals surface area contributed by atoms with Crippen LogP contribution >= 0.6 is 0 Å². The van der Waals surface area contributed by atoms with Crippen molar-refractivity contribution in [2.75, 3.05) is 19.6 Å². The maximum absolute atomic E-state index is 12.9. The summed E-state index contributed by atoms with van der Waals surface area (Å²) in [4.78, 5) is 28.7. The molecule has 0 unspecified atom stereocenters. The normalized spacial score (nSPS) is 35.2. The summed E-state index contributed by atoms with van der Waals surface area (Å²) in [5.41, 5.74) is 5.47. The standard InChI is InChI=1S/C18H31N3O2/c1-12-3-5-14(6-4-12)21(15-7-8-15)17(22)11-20-9-13(2)16(10-20)18(19)23/h12-16H,3-11H2,1-2H3,(H2,19,23)/t12?,13-,14?,16-/m1/s1. The number of nitrogens with two attached hydrogens (primary N) is 1. The molecule has 2 atom stereocenters. The topological polar surface area (TPSA) is 66.6 Å². The van der Waals surface area contributed by atoms with Gasteiger partial charge in [-0.25, -0.2) is 0 Å². The van der Waals surface area contributed by atoms with Crippen LogP contribution in [-0.4, -0.2) is 53.3 Å². The first-order valence-electron chi connectivity index (χ1n) is 9.28. The van der Waals surface area contributed by atoms with Gasteiger partial charge in [-0.15, -0.1) is 0 Å². The van der Waals surface area contributed by atoms with E-state index in [0.717, 1.165) is 38.1 Å². The van der Waals surface area contributed by atoms with E-state index in [4.69, 9.17) is 5.73 Å². The van der Waals surface area contributed by atoms with Crippen LogP contribution in [0.15, 0.2) is 0 Å². The van der Waals surface area contributed by atoms with Crippen molar-refractivity contribution in [2.45, 2.75) is 64.5 Å². The monoisotopic (exact) mass is 321 g/mol. The lowest BCUT2D eigenvalue weighted by molar-refractivity contribution is -0.136. The van der Waals surface area contributed by atoms with Gasteiger partial charge in [-0.2, -0.15) is 0 Å². The summed E-state index contributed by atoms with van der Waals surface area (Å²) in [6, 6.07) is 0.922. The second-order valence-electron chi connectivity index (χ2n) is 8.13. The Morgan fingerprint density at radius 2 is 1.57 bits per heavy atom. The van der Waals surface area contributed by atoms with E-state index in [9.17, 15) is 9.59 Å². The minimum atomic E-state index is -0.229. The lowest BCUT2D eigenvalue weighted by Gasteiger charge is -2.37. The average Bonchev–Trinajstić information content (AvgIpc) is 3.24. The molecular weight excluding hydrogens is 290 g/mol. The lowest BCUT2D eigenvalue weighted by atomic mass is 9.86. The second-order valence-corrected chi connectivity index (χ2v) is 8.13. The molecule has 3 fully saturated rings. The van der Waals surface area contributed by atoms with Crippen LogP contribution in [-0.2, 0) is 9.59 Å². The number of hydrogen-bond acceptors (Lipinski definition) is 3. The molecule has 1 aliphatic heterocycles. The highest BCUT2D eigenvalue weighted by atomic mass is 16.2. The fraction of sp³-hybridized carbons (Fsp3) is 0.889. The van der Waals surface area contributed by atoms with Gasteiger partial charge in [0.2, 0.25) is 11.8 Å². The van der Waals surface area contributed by atoms with Gasteiger partial charge in [0.25, 0.3) is 0 Å². The van der Waals surface area contributed by atoms with Crippen molar-refractivity contribution in [1.82, 2.24) is 9.80 Å². The summed E-state index contributed by atoms with van der Waals surface area (Å²) < 4.78 is 0. The fourth-order valence-electron chi connectivity index (χ4n) is 4.42. The maximum atomic E-state index is 12.9. The average molecular weight is 321 g/mol. The Morgan fingerprint density at radius 3 is 2.04 bits per heavy atom. The van der Waals surface area contributed by atoms with E-state index in [-0.39, 0.29) is 23.7 Å². The number of carbonyl (C=O) groups excluding carboxylic acids is 2. The Hall–Kier alpha value is -1.10. The van der Waals surface area contributed by atoms with Crippen molar-refractivity contribution in [3.8, 4) is 0 Å². The minimum Gasteiger partial charge on any atom is -0.369 e. The largest absolute Gasteiger partial charge is 0.369 e. The maximum Gasteiger partial charge on any atom is 0.237 e. The molecule has 0 aromatic carbocycles. The minimum absolute atomic E-state index is 0.104. The third-order valence-corrected chi connectivity index (χ3v) is 6.02. The quantitative estimate of drug-likeness (QED) is 0.836. The molecule has 0 aromatic heterocycles. The molecule has 0 bridgehead atoms. The van der Waals surface area contributed by atoms with E-state index < -0.39 is 0 Å². The highest BCUT2D eigenvalue weighted by molar-refractivity contribution is 5.80. The van der Waals surface area contributed by atoms with E-state index in [2.05, 4.69) is 23.6 Å². The summed E-state index contributed by atoms with van der Waals surface area (Å²) in [6.07, 6.45) is 7.13. The summed E-state index contributed by atoms with van der Waals surface area (Å²) >= 11 is 0. The van der Waals surface area contributed by atoms with E-state index in [1.165, 1.54) is 12.8 Å². The van der Waals surface area contributed by atoms with Crippen molar-refractivity contribution in [2.24, 2.45) is 23.5 Å². The number of nitrogens with zero attached hydrogens (tertiary/aromatic N) is 2. The first-order valence-corrected chi connectivity index (χ1v) is 9.28. The smallest absolute Gasteiger partial charge is 0.237 e. The highest BCUT2D eigenvalue weighted by Crippen LogP contribution is 2.35. The SMILES string of the molecule is CC1CCC(N(C(=O)CN2C[C@@H](C)[C@H](C(N)=O)C2)C2CC2)CC1. The number of carbonyl (C=O) groups is 2. The Kier molecular flexibility index (Phi) is 4.95. The van der Waals surface area contributed by atoms with Crippen molar-refractivity contribution >= 4 is 11.8 Å². The van der Waals surface area contributed by atoms with Crippen LogP contribution in [0.1, 0.15) is 52.4 Å². The molecule has 3 rings (SSSR count). The molecule has 1 saturated heterocycles. The highest BCUT2D eigenvalue weighted by Gasteiger charge is 2.40. The molecule has 130 valence electrons. The van der Waals surface area contributed by atoms with E-state index in [1.807, 2.05) is 0 Å². The molecule has 3 aliphatic rings. The molecular formula is C18H31N3O2. The first-order chi connectivity index (χ1) is 11.0. The Morgan fingerprint density at radius 1 is 1.00 bits per heavy atom. The third-order valence-electron chi connectivity index (χ3n) is 6.02. The van der Waals surface area contributed by atoms with Crippen LogP contribution in [0.3, 0.4) is 0 Å². The van der Waals surface area contributed by atoms with Crippen LogP contribution in [0, 0.1) is 17.8 Å². The molecule has 5 nitrogen and oxygen atoms in total. The first kappa shape index (κ1) is 16.7. The Bertz CT molecular complexity index is 455. The van der Waals surface area contributed by atoms with Gasteiger partial charge in [-0.05, 0) is 50.4 Å². The Labute approximate surface area is 139 Å². The number of primary amides is 1. The zero-order chi connectivity index (χ0) is 16.6. The third kappa shape index (κ3) is 3.87. The lowest BCUT2D eigenvalue weighted by Crippen LogP contribution is -2.48. The summed E-state index contributed by atoms with van der Waals surface area (Å²) in [7, 11) is 0. The fourth-order valence-corrected chi connectivity index (χ4v) is 4.42. The van der Waals surface area contributed by atoms with Crippen LogP contribution in [0.25, 0.3) is 0 Å². The molecule has 2 aliphatic carbocycles. The van der Waals surface area contributed by atoms with E-state index in [0.29, 0.717) is 25.2 Å². The summed E-state index contributed by atoms with van der Waals surface area (Å²) in [5, 5.41) is 0. The summed E-state index contributed by atoms with van der Waals surface area (Å²) in [6.45, 7) is 6.27. The Balaban J connectivity index is 1.58. The van der Waals surface area contributed by atoms with Crippen molar-refractivity contribution in [3.05, 3.63) is 0 Å². The van der Waals surface area contributed by atoms with Crippen LogP contribution < -0.4 is 5.73 Å². The molecule has 2 N–H and O–H groups in total. The number of rotatable bonds is 5. The number of amides is 2. The van der Waals surface area contributed by atoms with Crippen LogP contribution in [0.5, 0.6) is 0 Å². The van der Waals surface area contributed by atoms with Crippen molar-refractivity contribution in [1.29, 1.82) is 0 Å². The van der Waals surface area contributed by atoms with Crippen molar-refractivity contribution in [3.63, 3.8) is 0 Å².